The first-order chi connectivity index (χ1) is 44.2. The maximum Gasteiger partial charge on any atom is 0.253 e. The largest absolute Gasteiger partial charge is 0.394 e. The fourth-order valence-corrected chi connectivity index (χ4v) is 12.0. The molecule has 31 nitrogen and oxygen atoms in total. The number of amides is 13. The molecule has 4 aliphatic rings. The summed E-state index contributed by atoms with van der Waals surface area (Å²) < 4.78 is 0. The summed E-state index contributed by atoms with van der Waals surface area (Å²) in [6.45, 7) is 6.53. The Morgan fingerprint density at radius 1 is 0.720 bits per heavy atom. The van der Waals surface area contributed by atoms with Gasteiger partial charge in [-0.05, 0) is 54.5 Å². The van der Waals surface area contributed by atoms with Crippen LogP contribution < -0.4 is 58.5 Å². The monoisotopic (exact) mass is 1310 g/mol. The zero-order valence-corrected chi connectivity index (χ0v) is 53.1. The number of rotatable bonds is 18. The van der Waals surface area contributed by atoms with Crippen LogP contribution in [0.3, 0.4) is 0 Å². The predicted octanol–water partition coefficient (Wildman–Crippen LogP) is -4.12. The minimum atomic E-state index is -1.98. The maximum atomic E-state index is 14.9. The molecule has 5 heterocycles. The normalized spacial score (nSPS) is 24.7. The maximum absolute atomic E-state index is 14.9. The number of hydrogen-bond donors (Lipinski definition) is 16. The van der Waals surface area contributed by atoms with Crippen molar-refractivity contribution < 1.29 is 82.8 Å². The highest BCUT2D eigenvalue weighted by atomic mass is 32.2. The Labute approximate surface area is 539 Å². The van der Waals surface area contributed by atoms with Crippen molar-refractivity contribution >= 4 is 105 Å². The van der Waals surface area contributed by atoms with E-state index in [-0.39, 0.29) is 43.8 Å². The Balaban J connectivity index is 1.14. The zero-order valence-electron chi connectivity index (χ0n) is 52.2. The van der Waals surface area contributed by atoms with Gasteiger partial charge >= 0.3 is 0 Å². The minimum absolute atomic E-state index is 0.160. The molecule has 13 amide bonds. The number of imide groups is 1. The van der Waals surface area contributed by atoms with Crippen molar-refractivity contribution in [3.8, 4) is 0 Å². The van der Waals surface area contributed by atoms with Gasteiger partial charge in [0.15, 0.2) is 0 Å². The highest BCUT2D eigenvalue weighted by Crippen LogP contribution is 2.32. The molecule has 32 heteroatoms. The predicted molar refractivity (Wildman–Crippen MR) is 334 cm³/mol. The average molecular weight is 1320 g/mol. The van der Waals surface area contributed by atoms with Crippen LogP contribution in [0.5, 0.6) is 0 Å². The second-order valence-corrected chi connectivity index (χ2v) is 24.9. The molecule has 1 saturated heterocycles. The van der Waals surface area contributed by atoms with Gasteiger partial charge in [0.25, 0.3) is 11.8 Å². The van der Waals surface area contributed by atoms with E-state index >= 15 is 0 Å². The summed E-state index contributed by atoms with van der Waals surface area (Å²) in [5.41, 5.74) is 1.74. The third-order valence-electron chi connectivity index (χ3n) is 16.7. The minimum Gasteiger partial charge on any atom is -0.394 e. The molecule has 1 aromatic heterocycles. The van der Waals surface area contributed by atoms with Crippen LogP contribution in [0.15, 0.2) is 65.7 Å². The topological polar surface area (TPSA) is 457 Å². The van der Waals surface area contributed by atoms with Gasteiger partial charge in [0.2, 0.25) is 65.0 Å². The van der Waals surface area contributed by atoms with Crippen molar-refractivity contribution in [2.75, 3.05) is 43.9 Å². The highest BCUT2D eigenvalue weighted by Gasteiger charge is 2.46. The summed E-state index contributed by atoms with van der Waals surface area (Å²) in [6, 6.07) is 1.68. The number of nitrogens with zero attached hydrogens (tertiary/aromatic N) is 2. The number of aliphatic hydroxyl groups is 4. The molecule has 504 valence electrons. The van der Waals surface area contributed by atoms with Crippen molar-refractivity contribution in [1.82, 2.24) is 68.0 Å². The van der Waals surface area contributed by atoms with Gasteiger partial charge in [0.1, 0.15) is 42.5 Å². The second kappa shape index (κ2) is 32.6. The van der Waals surface area contributed by atoms with Crippen LogP contribution in [0.4, 0.5) is 5.69 Å². The van der Waals surface area contributed by atoms with Crippen molar-refractivity contribution in [2.24, 2.45) is 17.8 Å². The third-order valence-corrected chi connectivity index (χ3v) is 17.8. The van der Waals surface area contributed by atoms with E-state index in [9.17, 15) is 82.8 Å². The number of carbonyl (C=O) groups excluding carboxylic acids is 13. The number of para-hydroxylation sites is 1. The molecule has 3 aromatic rings. The molecule has 16 N–H and O–H groups in total. The Morgan fingerprint density at radius 3 is 2.05 bits per heavy atom. The smallest absolute Gasteiger partial charge is 0.253 e. The summed E-state index contributed by atoms with van der Waals surface area (Å²) >= 11 is 1.01. The molecule has 4 aliphatic heterocycles. The Hall–Kier alpha value is -8.82. The molecule has 0 spiro atoms. The second-order valence-electron chi connectivity index (χ2n) is 23.9. The summed E-state index contributed by atoms with van der Waals surface area (Å²) in [4.78, 5) is 183. The number of fused-ring (bicyclic) bond motifs is 5. The number of aromatic amines is 1. The molecule has 2 bridgehead atoms. The number of carbonyl (C=O) groups is 13. The summed E-state index contributed by atoms with van der Waals surface area (Å²) in [7, 11) is 0. The first-order valence-corrected chi connectivity index (χ1v) is 31.6. The van der Waals surface area contributed by atoms with Gasteiger partial charge < -0.3 is 83.9 Å². The number of benzene rings is 2. The van der Waals surface area contributed by atoms with Crippen LogP contribution in [0.25, 0.3) is 10.9 Å². The molecular formula is C61H82N14O17S. The lowest BCUT2D eigenvalue weighted by Gasteiger charge is -2.36. The summed E-state index contributed by atoms with van der Waals surface area (Å²) in [6.07, 6.45) is -4.02. The molecule has 3 unspecified atom stereocenters. The SMILES string of the molecule is CC[C@H](C)[C@@H]1NC(=O)CNC(=O)C2Cc3c([nH]c4ccccc34)SCC(NC(=O)CNC1=O)C(=O)N[C@@H](CC(=O)NCc1ccc(NC(=O)[C@H](C)NC(=O)C(NC(=O)CCN3C(=O)C=CC3=O)C(C)C)cc1)[C@H](O)N1C[C@H](O)C[C@H]1C(=O)N[C@@H]([C@@H](C)[C@@H](O)CO)C(=O)N2. The lowest BCUT2D eigenvalue weighted by molar-refractivity contribution is -0.139. The number of anilines is 1. The fourth-order valence-electron chi connectivity index (χ4n) is 10.9. The first-order valence-electron chi connectivity index (χ1n) is 30.6. The van der Waals surface area contributed by atoms with Gasteiger partial charge in [0, 0.05) is 72.9 Å². The van der Waals surface area contributed by atoms with Crippen molar-refractivity contribution in [1.29, 1.82) is 0 Å². The molecule has 2 aromatic carbocycles. The van der Waals surface area contributed by atoms with Gasteiger partial charge in [-0.25, -0.2) is 0 Å². The first kappa shape index (κ1) is 71.6. The van der Waals surface area contributed by atoms with E-state index in [0.29, 0.717) is 33.5 Å². The van der Waals surface area contributed by atoms with Crippen LogP contribution in [-0.4, -0.2) is 217 Å². The Kier molecular flexibility index (Phi) is 25.1. The van der Waals surface area contributed by atoms with Crippen LogP contribution in [0.2, 0.25) is 0 Å². The molecule has 93 heavy (non-hydrogen) atoms. The van der Waals surface area contributed by atoms with Gasteiger partial charge in [-0.1, -0.05) is 71.4 Å². The number of aromatic nitrogens is 1. The van der Waals surface area contributed by atoms with Crippen molar-refractivity contribution in [2.45, 2.75) is 152 Å². The number of aliphatic hydroxyl groups excluding tert-OH is 4. The summed E-state index contributed by atoms with van der Waals surface area (Å²) in [5, 5.41) is 74.3. The third kappa shape index (κ3) is 18.9. The lowest BCUT2D eigenvalue weighted by atomic mass is 9.93. The number of nitrogens with one attached hydrogen (secondary N) is 12. The van der Waals surface area contributed by atoms with E-state index in [1.54, 1.807) is 64.1 Å². The van der Waals surface area contributed by atoms with E-state index in [2.05, 4.69) is 63.5 Å². The van der Waals surface area contributed by atoms with E-state index in [1.165, 1.54) is 26.0 Å². The van der Waals surface area contributed by atoms with Gasteiger partial charge in [-0.3, -0.25) is 72.1 Å². The standard InChI is InChI=1S/C61H82N14O17S/c1-7-30(4)51-57(89)64-24-46(81)67-41-28-93-60-37(36-10-8-9-11-38(36)70-60)21-39(54(86)63-25-47(82)72-51)68-59(91)52(31(5)43(78)27-76)73-56(88)42-20-35(77)26-75(42)61(92)40(69-55(41)87)22-45(80)62-23-33-12-14-34(15-13-33)66-53(85)32(6)65-58(90)50(29(2)3)71-44(79)18-19-74-48(83)16-17-49(74)84/h8-17,29-32,35,39-43,50-52,61,70,76-78,92H,7,18-28H2,1-6H3,(H,62,80)(H,63,86)(H,64,89)(H,65,90)(H,66,85)(H,67,81)(H,68,91)(H,69,87)(H,71,79)(H,72,82)(H,73,88)/t30-,31-,32-,35+,39?,40-,41?,42-,43-,50?,51-,52-,61-/m0/s1. The fraction of sp³-hybridized carbons (Fsp3) is 0.525. The van der Waals surface area contributed by atoms with Gasteiger partial charge in [-0.2, -0.15) is 0 Å². The van der Waals surface area contributed by atoms with Gasteiger partial charge in [0.05, 0.1) is 55.4 Å². The van der Waals surface area contributed by atoms with Crippen LogP contribution in [0.1, 0.15) is 78.4 Å². The summed E-state index contributed by atoms with van der Waals surface area (Å²) in [5.74, 6) is -12.6. The molecule has 13 atom stereocenters. The zero-order chi connectivity index (χ0) is 68.0. The van der Waals surface area contributed by atoms with Crippen molar-refractivity contribution in [3.05, 3.63) is 71.8 Å². The molecule has 0 aliphatic carbocycles. The molecule has 0 saturated carbocycles. The quantitative estimate of drug-likeness (QED) is 0.0538. The number of thioether (sulfide) groups is 1. The molecule has 0 radical (unpaired) electrons. The van der Waals surface area contributed by atoms with E-state index in [1.807, 2.05) is 0 Å². The molecule has 1 fully saturated rings. The Bertz CT molecular complexity index is 3330. The number of hydrogen-bond acceptors (Lipinski definition) is 19. The average Bonchev–Trinajstić information content (AvgIpc) is 1.70. The van der Waals surface area contributed by atoms with E-state index in [4.69, 9.17) is 0 Å². The lowest BCUT2D eigenvalue weighted by Crippen LogP contribution is -2.63. The van der Waals surface area contributed by atoms with Gasteiger partial charge in [-0.15, -0.1) is 11.8 Å². The molecule has 7 rings (SSSR count). The highest BCUT2D eigenvalue weighted by molar-refractivity contribution is 7.99. The van der Waals surface area contributed by atoms with Crippen molar-refractivity contribution in [3.63, 3.8) is 0 Å². The van der Waals surface area contributed by atoms with E-state index < -0.39 is 194 Å². The molecular weight excluding hydrogens is 1230 g/mol. The Morgan fingerprint density at radius 2 is 1.39 bits per heavy atom. The number of H-pyrrole nitrogens is 1. The van der Waals surface area contributed by atoms with Crippen LogP contribution in [-0.2, 0) is 75.3 Å². The van der Waals surface area contributed by atoms with E-state index in [0.717, 1.165) is 33.7 Å². The van der Waals surface area contributed by atoms with Crippen LogP contribution in [0, 0.1) is 17.8 Å². The van der Waals surface area contributed by atoms with Crippen LogP contribution >= 0.6 is 11.8 Å².